The van der Waals surface area contributed by atoms with Crippen molar-refractivity contribution in [1.29, 1.82) is 0 Å². The fourth-order valence-corrected chi connectivity index (χ4v) is 2.55. The second-order valence-corrected chi connectivity index (χ2v) is 7.48. The predicted molar refractivity (Wildman–Crippen MR) is 54.3 cm³/mol. The largest absolute Gasteiger partial charge is 0.283 e. The quantitative estimate of drug-likeness (QED) is 0.330. The molecule has 0 aliphatic rings. The molecule has 0 saturated carbocycles. The molecule has 0 radical (unpaired) electrons. The van der Waals surface area contributed by atoms with Crippen LogP contribution in [0, 0.1) is 29.1 Å². The molecule has 0 bridgehead atoms. The molecule has 8 heteroatoms. The smallest absolute Gasteiger partial charge is 0.282 e. The summed E-state index contributed by atoms with van der Waals surface area (Å²) < 4.78 is 90.7. The van der Waals surface area contributed by atoms with Crippen LogP contribution in [0.2, 0.25) is 0 Å². The fourth-order valence-electron chi connectivity index (χ4n) is 1.18. The molecule has 0 amide bonds. The molecule has 0 N–H and O–H groups in total. The first-order chi connectivity index (χ1) is 7.93. The van der Waals surface area contributed by atoms with Crippen molar-refractivity contribution < 1.29 is 30.7 Å². The van der Waals surface area contributed by atoms with E-state index < -0.39 is 47.0 Å². The van der Waals surface area contributed by atoms with E-state index in [4.69, 9.17) is 0 Å². The van der Waals surface area contributed by atoms with Gasteiger partial charge in [-0.05, 0) is 0 Å². The van der Waals surface area contributed by atoms with Crippen molar-refractivity contribution in [1.82, 2.24) is 0 Å². The van der Waals surface area contributed by atoms with Crippen molar-refractivity contribution in [3.05, 3.63) is 29.1 Å². The van der Waals surface area contributed by atoms with E-state index in [0.717, 1.165) is 20.8 Å². The summed E-state index contributed by atoms with van der Waals surface area (Å²) >= 11 is 0. The molecule has 1 aromatic carbocycles. The zero-order chi connectivity index (χ0) is 14.5. The highest BCUT2D eigenvalue weighted by Crippen LogP contribution is 2.59. The van der Waals surface area contributed by atoms with Gasteiger partial charge in [-0.1, -0.05) is 20.8 Å². The summed E-state index contributed by atoms with van der Waals surface area (Å²) in [5, 5.41) is -3.67. The Kier molecular flexibility index (Phi) is 3.60. The maximum absolute atomic E-state index is 14.0. The molecule has 0 aliphatic heterocycles. The Balaban J connectivity index is 3.79. The normalized spacial score (nSPS) is 15.6. The molecule has 0 fully saturated rings. The summed E-state index contributed by atoms with van der Waals surface area (Å²) in [5.41, 5.74) is 0. The molecule has 1 aromatic rings. The number of hydrogen-bond acceptors (Lipinski definition) is 1. The van der Waals surface area contributed by atoms with Crippen LogP contribution in [-0.2, 0) is 4.57 Å². The van der Waals surface area contributed by atoms with Crippen molar-refractivity contribution in [3.8, 4) is 0 Å². The molecule has 1 atom stereocenters. The zero-order valence-electron chi connectivity index (χ0n) is 9.62. The molecule has 0 heterocycles. The van der Waals surface area contributed by atoms with Crippen LogP contribution in [0.5, 0.6) is 0 Å². The maximum atomic E-state index is 14.0. The van der Waals surface area contributed by atoms with Crippen molar-refractivity contribution in [2.45, 2.75) is 25.9 Å². The minimum Gasteiger partial charge on any atom is -0.282 e. The third-order valence-electron chi connectivity index (χ3n) is 2.34. The average Bonchev–Trinajstić information content (AvgIpc) is 2.22. The standard InChI is InChI=1S/C10H9F6OP/c1-10(2,3)18(16,17)9-7(14)5(12)4(11)6(13)8(9)15/h1-3H3. The van der Waals surface area contributed by atoms with Crippen molar-refractivity contribution in [3.63, 3.8) is 0 Å². The van der Waals surface area contributed by atoms with Gasteiger partial charge in [0.1, 0.15) is 5.30 Å². The first-order valence-electron chi connectivity index (χ1n) is 4.74. The lowest BCUT2D eigenvalue weighted by molar-refractivity contribution is 0.382. The van der Waals surface area contributed by atoms with Gasteiger partial charge in [0.2, 0.25) is 5.82 Å². The van der Waals surface area contributed by atoms with E-state index in [1.54, 1.807) is 0 Å². The first kappa shape index (κ1) is 15.1. The number of hydrogen-bond donors (Lipinski definition) is 0. The Morgan fingerprint density at radius 2 is 1.06 bits per heavy atom. The van der Waals surface area contributed by atoms with E-state index in [1.165, 1.54) is 0 Å². The molecule has 1 unspecified atom stereocenters. The molecule has 0 spiro atoms. The minimum atomic E-state index is -5.27. The molecule has 0 aromatic heterocycles. The number of halogens is 6. The van der Waals surface area contributed by atoms with Gasteiger partial charge in [0.15, 0.2) is 23.3 Å². The van der Waals surface area contributed by atoms with Crippen LogP contribution in [0.3, 0.4) is 0 Å². The molecule has 0 saturated heterocycles. The van der Waals surface area contributed by atoms with Gasteiger partial charge in [0.25, 0.3) is 7.45 Å². The molecule has 102 valence electrons. The number of benzene rings is 1. The Hall–Kier alpha value is -0.970. The van der Waals surface area contributed by atoms with E-state index in [-0.39, 0.29) is 0 Å². The second-order valence-electron chi connectivity index (χ2n) is 4.62. The van der Waals surface area contributed by atoms with Crippen LogP contribution in [0.25, 0.3) is 0 Å². The molecular weight excluding hydrogens is 281 g/mol. The average molecular weight is 290 g/mol. The Morgan fingerprint density at radius 1 is 0.778 bits per heavy atom. The highest BCUT2D eigenvalue weighted by atomic mass is 31.2. The Labute approximate surface area is 99.3 Å². The molecular formula is C10H9F6OP. The lowest BCUT2D eigenvalue weighted by Gasteiger charge is -2.24. The van der Waals surface area contributed by atoms with Crippen molar-refractivity contribution >= 4 is 12.8 Å². The van der Waals surface area contributed by atoms with Crippen molar-refractivity contribution in [2.75, 3.05) is 0 Å². The van der Waals surface area contributed by atoms with Crippen LogP contribution < -0.4 is 5.30 Å². The fraction of sp³-hybridized carbons (Fsp3) is 0.400. The highest BCUT2D eigenvalue weighted by Gasteiger charge is 2.45. The highest BCUT2D eigenvalue weighted by molar-refractivity contribution is 7.68. The summed E-state index contributed by atoms with van der Waals surface area (Å²) in [4.78, 5) is 0. The minimum absolute atomic E-state index is 1.03. The maximum Gasteiger partial charge on any atom is 0.283 e. The van der Waals surface area contributed by atoms with Gasteiger partial charge in [0, 0.05) is 5.16 Å². The van der Waals surface area contributed by atoms with Gasteiger partial charge in [-0.15, -0.1) is 0 Å². The lowest BCUT2D eigenvalue weighted by Crippen LogP contribution is -2.28. The summed E-state index contributed by atoms with van der Waals surface area (Å²) in [6.45, 7) is 3.10. The number of rotatable bonds is 1. The summed E-state index contributed by atoms with van der Waals surface area (Å²) in [6.07, 6.45) is 0. The zero-order valence-corrected chi connectivity index (χ0v) is 10.5. The summed E-state index contributed by atoms with van der Waals surface area (Å²) in [5.74, 6) is -11.8. The predicted octanol–water partition coefficient (Wildman–Crippen LogP) is 4.05. The Bertz CT molecular complexity index is 519. The summed E-state index contributed by atoms with van der Waals surface area (Å²) in [6, 6.07) is 0. The van der Waals surface area contributed by atoms with E-state index >= 15 is 0 Å². The third-order valence-corrected chi connectivity index (χ3v) is 5.03. The van der Waals surface area contributed by atoms with Crippen LogP contribution in [0.15, 0.2) is 0 Å². The molecule has 1 rings (SSSR count). The van der Waals surface area contributed by atoms with E-state index in [9.17, 15) is 30.7 Å². The SMILES string of the molecule is CC(C)(C)P(=O)(F)c1c(F)c(F)c(F)c(F)c1F. The van der Waals surface area contributed by atoms with Crippen LogP contribution in [0.1, 0.15) is 20.8 Å². The van der Waals surface area contributed by atoms with Crippen molar-refractivity contribution in [2.24, 2.45) is 0 Å². The third kappa shape index (κ3) is 2.05. The van der Waals surface area contributed by atoms with Gasteiger partial charge >= 0.3 is 0 Å². The van der Waals surface area contributed by atoms with Gasteiger partial charge in [0.05, 0.1) is 0 Å². The molecule has 0 aliphatic carbocycles. The molecule has 18 heavy (non-hydrogen) atoms. The van der Waals surface area contributed by atoms with Gasteiger partial charge in [-0.2, -0.15) is 4.20 Å². The van der Waals surface area contributed by atoms with E-state index in [2.05, 4.69) is 0 Å². The van der Waals surface area contributed by atoms with Gasteiger partial charge in [-0.3, -0.25) is 4.57 Å². The molecule has 1 nitrogen and oxygen atoms in total. The van der Waals surface area contributed by atoms with Crippen LogP contribution >= 0.6 is 7.45 Å². The lowest BCUT2D eigenvalue weighted by atomic mass is 10.2. The monoisotopic (exact) mass is 290 g/mol. The summed E-state index contributed by atoms with van der Waals surface area (Å²) in [7, 11) is -5.27. The topological polar surface area (TPSA) is 17.1 Å². The van der Waals surface area contributed by atoms with Crippen LogP contribution in [0.4, 0.5) is 26.1 Å². The van der Waals surface area contributed by atoms with E-state index in [0.29, 0.717) is 0 Å². The van der Waals surface area contributed by atoms with Gasteiger partial charge < -0.3 is 0 Å². The van der Waals surface area contributed by atoms with Gasteiger partial charge in [-0.25, -0.2) is 22.0 Å². The first-order valence-corrected chi connectivity index (χ1v) is 6.34. The Morgan fingerprint density at radius 3 is 1.33 bits per heavy atom. The van der Waals surface area contributed by atoms with E-state index in [1.807, 2.05) is 0 Å². The van der Waals surface area contributed by atoms with Crippen LogP contribution in [-0.4, -0.2) is 5.16 Å². The second kappa shape index (κ2) is 4.30.